The Hall–Kier alpha value is -0.930. The van der Waals surface area contributed by atoms with Crippen molar-refractivity contribution in [3.63, 3.8) is 0 Å². The van der Waals surface area contributed by atoms with E-state index in [9.17, 15) is 4.39 Å². The fourth-order valence-electron chi connectivity index (χ4n) is 3.78. The Morgan fingerprint density at radius 2 is 2.00 bits per heavy atom. The molecule has 1 aromatic rings. The first-order valence-corrected chi connectivity index (χ1v) is 6.81. The van der Waals surface area contributed by atoms with E-state index in [0.29, 0.717) is 0 Å². The first-order valence-electron chi connectivity index (χ1n) is 6.81. The summed E-state index contributed by atoms with van der Waals surface area (Å²) >= 11 is 0. The molecule has 1 aliphatic carbocycles. The molecule has 0 aromatic heterocycles. The second kappa shape index (κ2) is 4.32. The van der Waals surface area contributed by atoms with Crippen molar-refractivity contribution >= 4 is 0 Å². The summed E-state index contributed by atoms with van der Waals surface area (Å²) in [4.78, 5) is 0. The number of likely N-dealkylation sites (N-methyl/N-ethyl adjacent to an activating group) is 1. The molecule has 98 valence electrons. The van der Waals surface area contributed by atoms with Gasteiger partial charge in [0.2, 0.25) is 0 Å². The van der Waals surface area contributed by atoms with Crippen molar-refractivity contribution in [2.75, 3.05) is 13.7 Å². The highest BCUT2D eigenvalue weighted by atomic mass is 19.1. The largest absolute Gasteiger partial charge is 0.373 e. The van der Waals surface area contributed by atoms with Crippen LogP contribution in [0.4, 0.5) is 4.39 Å². The van der Waals surface area contributed by atoms with Gasteiger partial charge < -0.3 is 10.1 Å². The molecule has 1 unspecified atom stereocenters. The molecule has 1 saturated heterocycles. The molecule has 2 atom stereocenters. The summed E-state index contributed by atoms with van der Waals surface area (Å²) in [6, 6.07) is 6.98. The molecular weight excluding hydrogens is 229 g/mol. The minimum Gasteiger partial charge on any atom is -0.373 e. The molecule has 1 N–H and O–H groups in total. The fraction of sp³-hybridized carbons (Fsp3) is 0.600. The smallest absolute Gasteiger partial charge is 0.123 e. The van der Waals surface area contributed by atoms with Gasteiger partial charge in [0, 0.05) is 6.42 Å². The average Bonchev–Trinajstić information content (AvgIpc) is 2.36. The van der Waals surface area contributed by atoms with E-state index in [1.165, 1.54) is 18.9 Å². The fourth-order valence-corrected chi connectivity index (χ4v) is 3.78. The number of hydrogen-bond acceptors (Lipinski definition) is 2. The SMILES string of the molecule is CN[C@]1(c2cccc(F)c2)CCCCC12CCO2. The predicted octanol–water partition coefficient (Wildman–Crippen LogP) is 2.97. The van der Waals surface area contributed by atoms with Crippen molar-refractivity contribution in [1.82, 2.24) is 5.32 Å². The molecule has 1 aliphatic heterocycles. The minimum atomic E-state index is -0.217. The Labute approximate surface area is 108 Å². The molecule has 0 radical (unpaired) electrons. The third kappa shape index (κ3) is 1.54. The number of nitrogens with one attached hydrogen (secondary N) is 1. The van der Waals surface area contributed by atoms with Gasteiger partial charge >= 0.3 is 0 Å². The normalized spacial score (nSPS) is 35.4. The lowest BCUT2D eigenvalue weighted by Gasteiger charge is -2.58. The molecule has 1 spiro atoms. The zero-order valence-corrected chi connectivity index (χ0v) is 10.8. The van der Waals surface area contributed by atoms with Gasteiger partial charge in [-0.1, -0.05) is 25.0 Å². The molecule has 0 bridgehead atoms. The molecule has 1 saturated carbocycles. The molecule has 1 heterocycles. The highest BCUT2D eigenvalue weighted by Gasteiger charge is 2.57. The van der Waals surface area contributed by atoms with Crippen molar-refractivity contribution in [2.24, 2.45) is 0 Å². The van der Waals surface area contributed by atoms with Gasteiger partial charge in [-0.15, -0.1) is 0 Å². The molecule has 2 aliphatic rings. The molecule has 3 rings (SSSR count). The monoisotopic (exact) mass is 249 g/mol. The van der Waals surface area contributed by atoms with Crippen LogP contribution in [0.3, 0.4) is 0 Å². The molecule has 0 amide bonds. The van der Waals surface area contributed by atoms with Crippen LogP contribution in [-0.4, -0.2) is 19.3 Å². The Balaban J connectivity index is 2.07. The van der Waals surface area contributed by atoms with Gasteiger partial charge in [0.25, 0.3) is 0 Å². The predicted molar refractivity (Wildman–Crippen MR) is 68.9 cm³/mol. The topological polar surface area (TPSA) is 21.3 Å². The maximum Gasteiger partial charge on any atom is 0.123 e. The summed E-state index contributed by atoms with van der Waals surface area (Å²) in [6.45, 7) is 0.832. The van der Waals surface area contributed by atoms with Crippen LogP contribution in [0.5, 0.6) is 0 Å². The molecule has 2 nitrogen and oxygen atoms in total. The van der Waals surface area contributed by atoms with Crippen molar-refractivity contribution in [1.29, 1.82) is 0 Å². The van der Waals surface area contributed by atoms with Crippen LogP contribution in [0.1, 0.15) is 37.7 Å². The van der Waals surface area contributed by atoms with E-state index in [0.717, 1.165) is 31.4 Å². The van der Waals surface area contributed by atoms with Crippen LogP contribution < -0.4 is 5.32 Å². The van der Waals surface area contributed by atoms with Crippen LogP contribution in [0.15, 0.2) is 24.3 Å². The van der Waals surface area contributed by atoms with E-state index >= 15 is 0 Å². The second-order valence-electron chi connectivity index (χ2n) is 5.47. The van der Waals surface area contributed by atoms with E-state index in [4.69, 9.17) is 4.74 Å². The number of benzene rings is 1. The quantitative estimate of drug-likeness (QED) is 0.870. The van der Waals surface area contributed by atoms with Crippen LogP contribution >= 0.6 is 0 Å². The lowest BCUT2D eigenvalue weighted by molar-refractivity contribution is -0.217. The third-order valence-corrected chi connectivity index (χ3v) is 4.79. The number of ether oxygens (including phenoxy) is 1. The lowest BCUT2D eigenvalue weighted by Crippen LogP contribution is -2.67. The maximum absolute atomic E-state index is 13.5. The molecule has 2 fully saturated rings. The first kappa shape index (κ1) is 12.1. The molecular formula is C15H20FNO. The Kier molecular flexibility index (Phi) is 2.91. The standard InChI is InChI=1S/C15H20FNO/c1-17-15(12-5-4-6-13(16)11-12)8-3-2-7-14(15)9-10-18-14/h4-6,11,17H,2-3,7-10H2,1H3/t14?,15-/m0/s1. The van der Waals surface area contributed by atoms with Crippen molar-refractivity contribution in [2.45, 2.75) is 43.2 Å². The van der Waals surface area contributed by atoms with Crippen LogP contribution in [0.25, 0.3) is 0 Å². The minimum absolute atomic E-state index is 0.117. The van der Waals surface area contributed by atoms with Gasteiger partial charge in [-0.3, -0.25) is 0 Å². The number of halogens is 1. The van der Waals surface area contributed by atoms with Gasteiger partial charge in [-0.2, -0.15) is 0 Å². The summed E-state index contributed by atoms with van der Waals surface area (Å²) in [5.41, 5.74) is 0.698. The number of hydrogen-bond donors (Lipinski definition) is 1. The van der Waals surface area contributed by atoms with E-state index in [-0.39, 0.29) is 17.0 Å². The summed E-state index contributed by atoms with van der Waals surface area (Å²) in [6.07, 6.45) is 5.54. The van der Waals surface area contributed by atoms with E-state index in [1.807, 2.05) is 13.1 Å². The Morgan fingerprint density at radius 1 is 1.22 bits per heavy atom. The highest BCUT2D eigenvalue weighted by molar-refractivity contribution is 5.32. The molecule has 1 aromatic carbocycles. The summed E-state index contributed by atoms with van der Waals surface area (Å²) in [5.74, 6) is -0.165. The molecule has 18 heavy (non-hydrogen) atoms. The van der Waals surface area contributed by atoms with Crippen LogP contribution in [0.2, 0.25) is 0 Å². The zero-order valence-electron chi connectivity index (χ0n) is 10.8. The Morgan fingerprint density at radius 3 is 2.61 bits per heavy atom. The maximum atomic E-state index is 13.5. The lowest BCUT2D eigenvalue weighted by atomic mass is 9.62. The van der Waals surface area contributed by atoms with Crippen LogP contribution in [0, 0.1) is 5.82 Å². The highest BCUT2D eigenvalue weighted by Crippen LogP contribution is 2.52. The number of rotatable bonds is 2. The van der Waals surface area contributed by atoms with Gasteiger partial charge in [0.1, 0.15) is 5.82 Å². The van der Waals surface area contributed by atoms with Crippen molar-refractivity contribution < 1.29 is 9.13 Å². The average molecular weight is 249 g/mol. The van der Waals surface area contributed by atoms with E-state index in [1.54, 1.807) is 12.1 Å². The summed E-state index contributed by atoms with van der Waals surface area (Å²) in [7, 11) is 1.97. The van der Waals surface area contributed by atoms with Gasteiger partial charge in [-0.05, 0) is 37.6 Å². The molecule has 3 heteroatoms. The first-order chi connectivity index (χ1) is 8.72. The van der Waals surface area contributed by atoms with Gasteiger partial charge in [0.15, 0.2) is 0 Å². The zero-order chi connectivity index (χ0) is 12.6. The summed E-state index contributed by atoms with van der Waals surface area (Å²) in [5, 5.41) is 3.46. The van der Waals surface area contributed by atoms with E-state index in [2.05, 4.69) is 5.32 Å². The van der Waals surface area contributed by atoms with Crippen molar-refractivity contribution in [3.05, 3.63) is 35.6 Å². The van der Waals surface area contributed by atoms with Gasteiger partial charge in [-0.25, -0.2) is 4.39 Å². The Bertz CT molecular complexity index is 444. The summed E-state index contributed by atoms with van der Waals surface area (Å²) < 4.78 is 19.5. The van der Waals surface area contributed by atoms with Crippen LogP contribution in [-0.2, 0) is 10.3 Å². The van der Waals surface area contributed by atoms with E-state index < -0.39 is 0 Å². The third-order valence-electron chi connectivity index (χ3n) is 4.79. The van der Waals surface area contributed by atoms with Gasteiger partial charge in [0.05, 0.1) is 17.7 Å². The van der Waals surface area contributed by atoms with Crippen molar-refractivity contribution in [3.8, 4) is 0 Å². The second-order valence-corrected chi connectivity index (χ2v) is 5.47.